The standard InChI is InChI=1S/C17H20BrN/c1-12-5-4-6-16(9-12)14(3)19-11-15-8-7-13(2)17(18)10-15/h4-10,14,19H,11H2,1-3H3/t14-/m1/s1. The quantitative estimate of drug-likeness (QED) is 0.844. The Kier molecular flexibility index (Phi) is 4.78. The third-order valence-corrected chi connectivity index (χ3v) is 4.25. The molecule has 100 valence electrons. The van der Waals surface area contributed by atoms with Crippen molar-refractivity contribution in [2.75, 3.05) is 0 Å². The highest BCUT2D eigenvalue weighted by Crippen LogP contribution is 2.19. The maximum atomic E-state index is 3.58. The fourth-order valence-electron chi connectivity index (χ4n) is 2.07. The number of nitrogens with one attached hydrogen (secondary N) is 1. The van der Waals surface area contributed by atoms with Crippen molar-refractivity contribution >= 4 is 15.9 Å². The number of rotatable bonds is 4. The highest BCUT2D eigenvalue weighted by molar-refractivity contribution is 9.10. The van der Waals surface area contributed by atoms with Gasteiger partial charge in [0.25, 0.3) is 0 Å². The minimum atomic E-state index is 0.361. The first-order valence-corrected chi connectivity index (χ1v) is 7.40. The molecule has 0 aliphatic heterocycles. The van der Waals surface area contributed by atoms with Gasteiger partial charge in [-0.2, -0.15) is 0 Å². The first kappa shape index (κ1) is 14.3. The Labute approximate surface area is 124 Å². The Morgan fingerprint density at radius 1 is 1.11 bits per heavy atom. The summed E-state index contributed by atoms with van der Waals surface area (Å²) in [4.78, 5) is 0. The lowest BCUT2D eigenvalue weighted by Gasteiger charge is -2.15. The number of hydrogen-bond donors (Lipinski definition) is 1. The Morgan fingerprint density at radius 2 is 1.89 bits per heavy atom. The van der Waals surface area contributed by atoms with Crippen LogP contribution in [0.25, 0.3) is 0 Å². The van der Waals surface area contributed by atoms with E-state index in [4.69, 9.17) is 0 Å². The van der Waals surface area contributed by atoms with E-state index >= 15 is 0 Å². The lowest BCUT2D eigenvalue weighted by atomic mass is 10.1. The van der Waals surface area contributed by atoms with Crippen molar-refractivity contribution in [1.82, 2.24) is 5.32 Å². The van der Waals surface area contributed by atoms with E-state index in [1.807, 2.05) is 0 Å². The SMILES string of the molecule is Cc1cccc([C@@H](C)NCc2ccc(C)c(Br)c2)c1. The fraction of sp³-hybridized carbons (Fsp3) is 0.294. The molecule has 0 unspecified atom stereocenters. The third-order valence-electron chi connectivity index (χ3n) is 3.39. The van der Waals surface area contributed by atoms with E-state index in [0.29, 0.717) is 6.04 Å². The molecule has 0 aromatic heterocycles. The van der Waals surface area contributed by atoms with Gasteiger partial charge in [0.2, 0.25) is 0 Å². The minimum absolute atomic E-state index is 0.361. The van der Waals surface area contributed by atoms with Crippen molar-refractivity contribution in [2.45, 2.75) is 33.4 Å². The Balaban J connectivity index is 2.00. The van der Waals surface area contributed by atoms with Gasteiger partial charge in [-0.25, -0.2) is 0 Å². The Hall–Kier alpha value is -1.12. The van der Waals surface area contributed by atoms with Gasteiger partial charge in [-0.3, -0.25) is 0 Å². The van der Waals surface area contributed by atoms with Crippen LogP contribution in [0.1, 0.15) is 35.2 Å². The lowest BCUT2D eigenvalue weighted by Crippen LogP contribution is -2.18. The van der Waals surface area contributed by atoms with Crippen LogP contribution in [-0.4, -0.2) is 0 Å². The molecule has 0 spiro atoms. The second-order valence-electron chi connectivity index (χ2n) is 5.10. The molecule has 1 nitrogen and oxygen atoms in total. The maximum absolute atomic E-state index is 3.58. The van der Waals surface area contributed by atoms with Gasteiger partial charge in [-0.05, 0) is 43.5 Å². The highest BCUT2D eigenvalue weighted by Gasteiger charge is 2.05. The largest absolute Gasteiger partial charge is 0.306 e. The Bertz CT molecular complexity index is 563. The molecule has 0 amide bonds. The van der Waals surface area contributed by atoms with Gasteiger partial charge in [0.15, 0.2) is 0 Å². The molecule has 2 heteroatoms. The summed E-state index contributed by atoms with van der Waals surface area (Å²) in [6.45, 7) is 7.33. The van der Waals surface area contributed by atoms with Crippen molar-refractivity contribution in [3.05, 3.63) is 69.2 Å². The first-order valence-electron chi connectivity index (χ1n) is 6.61. The molecule has 0 radical (unpaired) electrons. The maximum Gasteiger partial charge on any atom is 0.0295 e. The van der Waals surface area contributed by atoms with Crippen molar-refractivity contribution in [3.8, 4) is 0 Å². The molecular formula is C17H20BrN. The van der Waals surface area contributed by atoms with E-state index < -0.39 is 0 Å². The molecule has 2 rings (SSSR count). The lowest BCUT2D eigenvalue weighted by molar-refractivity contribution is 0.574. The minimum Gasteiger partial charge on any atom is -0.306 e. The zero-order valence-electron chi connectivity index (χ0n) is 11.7. The van der Waals surface area contributed by atoms with Gasteiger partial charge < -0.3 is 5.32 Å². The van der Waals surface area contributed by atoms with Crippen LogP contribution in [0.4, 0.5) is 0 Å². The van der Waals surface area contributed by atoms with Crippen LogP contribution < -0.4 is 5.32 Å². The van der Waals surface area contributed by atoms with E-state index in [1.54, 1.807) is 0 Å². The number of aryl methyl sites for hydroxylation is 2. The van der Waals surface area contributed by atoms with E-state index in [0.717, 1.165) is 6.54 Å². The summed E-state index contributed by atoms with van der Waals surface area (Å²) in [5, 5.41) is 3.57. The monoisotopic (exact) mass is 317 g/mol. The average molecular weight is 318 g/mol. The molecule has 0 saturated carbocycles. The summed E-state index contributed by atoms with van der Waals surface area (Å²) in [5.41, 5.74) is 5.22. The summed E-state index contributed by atoms with van der Waals surface area (Å²) in [6.07, 6.45) is 0. The van der Waals surface area contributed by atoms with E-state index in [2.05, 4.69) is 84.5 Å². The summed E-state index contributed by atoms with van der Waals surface area (Å²) in [6, 6.07) is 15.5. The molecule has 19 heavy (non-hydrogen) atoms. The van der Waals surface area contributed by atoms with Gasteiger partial charge in [-0.15, -0.1) is 0 Å². The van der Waals surface area contributed by atoms with Crippen LogP contribution in [0.2, 0.25) is 0 Å². The van der Waals surface area contributed by atoms with Crippen LogP contribution in [0.3, 0.4) is 0 Å². The molecule has 0 aliphatic carbocycles. The second-order valence-corrected chi connectivity index (χ2v) is 5.95. The van der Waals surface area contributed by atoms with Crippen LogP contribution in [0.15, 0.2) is 46.9 Å². The molecule has 0 fully saturated rings. The average Bonchev–Trinajstić information content (AvgIpc) is 2.40. The predicted octanol–water partition coefficient (Wildman–Crippen LogP) is 4.92. The molecule has 0 bridgehead atoms. The summed E-state index contributed by atoms with van der Waals surface area (Å²) < 4.78 is 1.18. The van der Waals surface area contributed by atoms with Crippen LogP contribution >= 0.6 is 15.9 Å². The first-order chi connectivity index (χ1) is 9.06. The molecule has 1 N–H and O–H groups in total. The van der Waals surface area contributed by atoms with Crippen molar-refractivity contribution in [3.63, 3.8) is 0 Å². The van der Waals surface area contributed by atoms with Gasteiger partial charge >= 0.3 is 0 Å². The topological polar surface area (TPSA) is 12.0 Å². The summed E-state index contributed by atoms with van der Waals surface area (Å²) in [7, 11) is 0. The highest BCUT2D eigenvalue weighted by atomic mass is 79.9. The van der Waals surface area contributed by atoms with Crippen LogP contribution in [0.5, 0.6) is 0 Å². The van der Waals surface area contributed by atoms with Gasteiger partial charge in [-0.1, -0.05) is 57.9 Å². The summed E-state index contributed by atoms with van der Waals surface area (Å²) >= 11 is 3.58. The third kappa shape index (κ3) is 3.92. The number of hydrogen-bond acceptors (Lipinski definition) is 1. The van der Waals surface area contributed by atoms with Crippen LogP contribution in [0, 0.1) is 13.8 Å². The molecule has 2 aromatic carbocycles. The van der Waals surface area contributed by atoms with E-state index in [1.165, 1.54) is 26.7 Å². The number of benzene rings is 2. The predicted molar refractivity (Wildman–Crippen MR) is 85.3 cm³/mol. The van der Waals surface area contributed by atoms with Gasteiger partial charge in [0.1, 0.15) is 0 Å². The zero-order valence-corrected chi connectivity index (χ0v) is 13.3. The zero-order chi connectivity index (χ0) is 13.8. The van der Waals surface area contributed by atoms with Crippen molar-refractivity contribution in [2.24, 2.45) is 0 Å². The molecule has 0 aliphatic rings. The smallest absolute Gasteiger partial charge is 0.0295 e. The molecule has 2 aromatic rings. The van der Waals surface area contributed by atoms with E-state index in [-0.39, 0.29) is 0 Å². The molecular weight excluding hydrogens is 298 g/mol. The van der Waals surface area contributed by atoms with Gasteiger partial charge in [0.05, 0.1) is 0 Å². The number of halogens is 1. The molecule has 0 heterocycles. The Morgan fingerprint density at radius 3 is 2.58 bits per heavy atom. The fourth-order valence-corrected chi connectivity index (χ4v) is 2.50. The molecule has 0 saturated heterocycles. The normalized spacial score (nSPS) is 12.4. The van der Waals surface area contributed by atoms with Crippen molar-refractivity contribution < 1.29 is 0 Å². The molecule has 1 atom stereocenters. The van der Waals surface area contributed by atoms with Crippen molar-refractivity contribution in [1.29, 1.82) is 0 Å². The second kappa shape index (κ2) is 6.36. The summed E-state index contributed by atoms with van der Waals surface area (Å²) in [5.74, 6) is 0. The van der Waals surface area contributed by atoms with E-state index in [9.17, 15) is 0 Å². The van der Waals surface area contributed by atoms with Gasteiger partial charge in [0, 0.05) is 17.1 Å². The van der Waals surface area contributed by atoms with Crippen LogP contribution in [-0.2, 0) is 6.54 Å².